The topological polar surface area (TPSA) is 63.4 Å². The van der Waals surface area contributed by atoms with Crippen LogP contribution < -0.4 is 5.73 Å². The lowest BCUT2D eigenvalue weighted by Gasteiger charge is -2.20. The molecule has 0 aromatic heterocycles. The van der Waals surface area contributed by atoms with Crippen LogP contribution in [0.5, 0.6) is 0 Å². The summed E-state index contributed by atoms with van der Waals surface area (Å²) in [6, 6.07) is 0. The Morgan fingerprint density at radius 2 is 2.20 bits per heavy atom. The Bertz CT molecular complexity index is 290. The summed E-state index contributed by atoms with van der Waals surface area (Å²) < 4.78 is 25.5. The molecule has 1 rings (SSSR count). The predicted molar refractivity (Wildman–Crippen MR) is 62.0 cm³/mol. The van der Waals surface area contributed by atoms with Gasteiger partial charge in [-0.3, -0.25) is 0 Å². The molecular weight excluding hydrogens is 212 g/mol. The number of rotatable bonds is 5. The second kappa shape index (κ2) is 5.27. The number of sulfonamides is 1. The molecule has 0 amide bonds. The summed E-state index contributed by atoms with van der Waals surface area (Å²) in [5, 5.41) is -0.446. The molecule has 0 spiro atoms. The summed E-state index contributed by atoms with van der Waals surface area (Å²) in [6.45, 7) is 5.40. The van der Waals surface area contributed by atoms with Crippen LogP contribution in [0, 0.1) is 5.92 Å². The highest BCUT2D eigenvalue weighted by molar-refractivity contribution is 7.89. The zero-order valence-corrected chi connectivity index (χ0v) is 10.5. The fraction of sp³-hybridized carbons (Fsp3) is 1.00. The Kier molecular flexibility index (Phi) is 4.55. The highest BCUT2D eigenvalue weighted by atomic mass is 32.2. The van der Waals surface area contributed by atoms with E-state index in [4.69, 9.17) is 5.73 Å². The third-order valence-corrected chi connectivity index (χ3v) is 5.41. The number of nitrogens with two attached hydrogens (primary N) is 1. The van der Waals surface area contributed by atoms with E-state index < -0.39 is 15.3 Å². The first-order valence-corrected chi connectivity index (χ1v) is 7.21. The molecule has 2 N–H and O–H groups in total. The van der Waals surface area contributed by atoms with E-state index in [-0.39, 0.29) is 6.54 Å². The van der Waals surface area contributed by atoms with Crippen LogP contribution in [0.4, 0.5) is 0 Å². The van der Waals surface area contributed by atoms with Crippen LogP contribution in [0.15, 0.2) is 0 Å². The van der Waals surface area contributed by atoms with Crippen LogP contribution in [-0.4, -0.2) is 37.6 Å². The van der Waals surface area contributed by atoms with Crippen molar-refractivity contribution in [1.82, 2.24) is 4.31 Å². The van der Waals surface area contributed by atoms with Crippen LogP contribution in [0.25, 0.3) is 0 Å². The van der Waals surface area contributed by atoms with Gasteiger partial charge in [-0.2, -0.15) is 0 Å². The van der Waals surface area contributed by atoms with Crippen LogP contribution >= 0.6 is 0 Å². The molecule has 1 heterocycles. The predicted octanol–water partition coefficient (Wildman–Crippen LogP) is 0.785. The van der Waals surface area contributed by atoms with Gasteiger partial charge in [0.2, 0.25) is 10.0 Å². The summed E-state index contributed by atoms with van der Waals surface area (Å²) in [7, 11) is -3.13. The fourth-order valence-corrected chi connectivity index (χ4v) is 3.58. The summed E-state index contributed by atoms with van der Waals surface area (Å²) >= 11 is 0. The largest absolute Gasteiger partial charge is 0.329 e. The molecule has 0 radical (unpaired) electrons. The highest BCUT2D eigenvalue weighted by Crippen LogP contribution is 2.24. The maximum Gasteiger partial charge on any atom is 0.217 e. The maximum atomic E-state index is 12.0. The highest BCUT2D eigenvalue weighted by Gasteiger charge is 2.33. The van der Waals surface area contributed by atoms with Gasteiger partial charge in [0.1, 0.15) is 0 Å². The molecule has 1 aliphatic rings. The lowest BCUT2D eigenvalue weighted by Crippen LogP contribution is -2.39. The molecule has 0 aliphatic carbocycles. The van der Waals surface area contributed by atoms with E-state index in [1.54, 1.807) is 11.2 Å². The zero-order chi connectivity index (χ0) is 11.5. The molecular formula is C10H22N2O2S. The van der Waals surface area contributed by atoms with Crippen molar-refractivity contribution in [2.75, 3.05) is 19.6 Å². The molecule has 0 bridgehead atoms. The Hall–Kier alpha value is -0.130. The van der Waals surface area contributed by atoms with Gasteiger partial charge in [0.05, 0.1) is 5.25 Å². The number of hydrogen-bond donors (Lipinski definition) is 1. The zero-order valence-electron chi connectivity index (χ0n) is 9.65. The fourth-order valence-electron chi connectivity index (χ4n) is 2.05. The van der Waals surface area contributed by atoms with Gasteiger partial charge in [-0.1, -0.05) is 13.3 Å². The normalized spacial score (nSPS) is 25.7. The van der Waals surface area contributed by atoms with Crippen LogP contribution in [-0.2, 0) is 10.0 Å². The lowest BCUT2D eigenvalue weighted by atomic mass is 10.0. The molecule has 0 aromatic rings. The first kappa shape index (κ1) is 12.9. The van der Waals surface area contributed by atoms with E-state index in [1.807, 2.05) is 0 Å². The van der Waals surface area contributed by atoms with E-state index in [9.17, 15) is 8.42 Å². The number of hydrogen-bond acceptors (Lipinski definition) is 3. The van der Waals surface area contributed by atoms with Crippen molar-refractivity contribution in [3.63, 3.8) is 0 Å². The van der Waals surface area contributed by atoms with Gasteiger partial charge in [0.15, 0.2) is 0 Å². The van der Waals surface area contributed by atoms with Crippen molar-refractivity contribution >= 4 is 10.0 Å². The minimum atomic E-state index is -3.13. The molecule has 1 saturated heterocycles. The van der Waals surface area contributed by atoms with Crippen molar-refractivity contribution in [3.8, 4) is 0 Å². The summed E-state index contributed by atoms with van der Waals surface area (Å²) in [4.78, 5) is 0. The molecule has 0 saturated carbocycles. The van der Waals surface area contributed by atoms with Gasteiger partial charge in [-0.05, 0) is 25.7 Å². The molecule has 0 aromatic carbocycles. The van der Waals surface area contributed by atoms with E-state index in [2.05, 4.69) is 6.92 Å². The first-order valence-electron chi connectivity index (χ1n) is 5.71. The van der Waals surface area contributed by atoms with Gasteiger partial charge >= 0.3 is 0 Å². The quantitative estimate of drug-likeness (QED) is 0.765. The van der Waals surface area contributed by atoms with Crippen molar-refractivity contribution in [3.05, 3.63) is 0 Å². The summed E-state index contributed by atoms with van der Waals surface area (Å²) in [5.74, 6) is 0.551. The van der Waals surface area contributed by atoms with Crippen molar-refractivity contribution < 1.29 is 8.42 Å². The van der Waals surface area contributed by atoms with E-state index in [0.29, 0.717) is 19.0 Å². The minimum absolute atomic E-state index is 0.206. The Morgan fingerprint density at radius 1 is 1.53 bits per heavy atom. The maximum absolute atomic E-state index is 12.0. The van der Waals surface area contributed by atoms with Crippen molar-refractivity contribution in [2.45, 2.75) is 38.4 Å². The third-order valence-electron chi connectivity index (χ3n) is 3.15. The van der Waals surface area contributed by atoms with Gasteiger partial charge < -0.3 is 5.73 Å². The lowest BCUT2D eigenvalue weighted by molar-refractivity contribution is 0.438. The third kappa shape index (κ3) is 2.92. The number of nitrogens with zero attached hydrogens (tertiary/aromatic N) is 1. The molecule has 2 unspecified atom stereocenters. The van der Waals surface area contributed by atoms with Gasteiger partial charge in [0, 0.05) is 19.6 Å². The average molecular weight is 234 g/mol. The standard InChI is InChI=1S/C10H22N2O2S/c1-3-4-10-5-6-12(8-10)15(13,14)9(2)7-11/h9-10H,3-8,11H2,1-2H3. The second-order valence-corrected chi connectivity index (χ2v) is 6.74. The molecule has 5 heteroatoms. The molecule has 4 nitrogen and oxygen atoms in total. The molecule has 90 valence electrons. The smallest absolute Gasteiger partial charge is 0.217 e. The van der Waals surface area contributed by atoms with Crippen LogP contribution in [0.1, 0.15) is 33.1 Å². The molecule has 2 atom stereocenters. The summed E-state index contributed by atoms with van der Waals surface area (Å²) in [5.41, 5.74) is 5.41. The molecule has 1 aliphatic heterocycles. The van der Waals surface area contributed by atoms with Gasteiger partial charge in [-0.25, -0.2) is 12.7 Å². The van der Waals surface area contributed by atoms with E-state index >= 15 is 0 Å². The van der Waals surface area contributed by atoms with Gasteiger partial charge in [0.25, 0.3) is 0 Å². The Morgan fingerprint density at radius 3 is 2.73 bits per heavy atom. The van der Waals surface area contributed by atoms with Crippen molar-refractivity contribution in [2.24, 2.45) is 11.7 Å². The average Bonchev–Trinajstić information content (AvgIpc) is 2.66. The Labute approximate surface area is 92.9 Å². The van der Waals surface area contributed by atoms with Crippen LogP contribution in [0.3, 0.4) is 0 Å². The monoisotopic (exact) mass is 234 g/mol. The summed E-state index contributed by atoms with van der Waals surface area (Å²) in [6.07, 6.45) is 3.26. The first-order chi connectivity index (χ1) is 7.02. The molecule has 15 heavy (non-hydrogen) atoms. The SMILES string of the molecule is CCCC1CCN(S(=O)(=O)C(C)CN)C1. The van der Waals surface area contributed by atoms with Crippen molar-refractivity contribution in [1.29, 1.82) is 0 Å². The van der Waals surface area contributed by atoms with Crippen LogP contribution in [0.2, 0.25) is 0 Å². The Balaban J connectivity index is 2.60. The second-order valence-electron chi connectivity index (χ2n) is 4.39. The van der Waals surface area contributed by atoms with Gasteiger partial charge in [-0.15, -0.1) is 0 Å². The minimum Gasteiger partial charge on any atom is -0.329 e. The van der Waals surface area contributed by atoms with E-state index in [0.717, 1.165) is 19.3 Å². The van der Waals surface area contributed by atoms with E-state index in [1.165, 1.54) is 0 Å². The molecule has 1 fully saturated rings.